The quantitative estimate of drug-likeness (QED) is 0.874. The summed E-state index contributed by atoms with van der Waals surface area (Å²) in [6, 6.07) is 5.04. The molecule has 2 nitrogen and oxygen atoms in total. The SMILES string of the molecule is Cc1ccc(OC2CC(C)(C)CCC2N)cc1F. The van der Waals surface area contributed by atoms with Crippen LogP contribution in [0, 0.1) is 18.2 Å². The fourth-order valence-electron chi connectivity index (χ4n) is 2.49. The van der Waals surface area contributed by atoms with E-state index in [1.165, 1.54) is 6.07 Å². The molecular weight excluding hydrogens is 229 g/mol. The molecule has 0 heterocycles. The maximum absolute atomic E-state index is 13.5. The lowest BCUT2D eigenvalue weighted by Gasteiger charge is -2.39. The highest BCUT2D eigenvalue weighted by Crippen LogP contribution is 2.36. The van der Waals surface area contributed by atoms with Crippen molar-refractivity contribution in [1.29, 1.82) is 0 Å². The molecule has 18 heavy (non-hydrogen) atoms. The number of hydrogen-bond donors (Lipinski definition) is 1. The first kappa shape index (κ1) is 13.3. The van der Waals surface area contributed by atoms with Gasteiger partial charge in [-0.1, -0.05) is 19.9 Å². The molecule has 2 rings (SSSR count). The minimum Gasteiger partial charge on any atom is -0.489 e. The number of hydrogen-bond acceptors (Lipinski definition) is 2. The second-order valence-corrected chi connectivity index (χ2v) is 6.14. The van der Waals surface area contributed by atoms with E-state index in [1.54, 1.807) is 13.0 Å². The lowest BCUT2D eigenvalue weighted by atomic mass is 9.74. The first-order chi connectivity index (χ1) is 8.37. The summed E-state index contributed by atoms with van der Waals surface area (Å²) in [4.78, 5) is 0. The number of aryl methyl sites for hydroxylation is 1. The Kier molecular flexibility index (Phi) is 3.62. The Bertz CT molecular complexity index is 431. The van der Waals surface area contributed by atoms with Crippen LogP contribution in [0.25, 0.3) is 0 Å². The van der Waals surface area contributed by atoms with Gasteiger partial charge in [0, 0.05) is 12.1 Å². The summed E-state index contributed by atoms with van der Waals surface area (Å²) >= 11 is 0. The van der Waals surface area contributed by atoms with Crippen LogP contribution in [0.4, 0.5) is 4.39 Å². The maximum atomic E-state index is 13.5. The number of ether oxygens (including phenoxy) is 1. The Balaban J connectivity index is 2.09. The van der Waals surface area contributed by atoms with E-state index >= 15 is 0 Å². The van der Waals surface area contributed by atoms with Gasteiger partial charge in [-0.3, -0.25) is 0 Å². The van der Waals surface area contributed by atoms with Crippen molar-refractivity contribution in [3.63, 3.8) is 0 Å². The minimum atomic E-state index is -0.226. The molecule has 1 aliphatic rings. The first-order valence-electron chi connectivity index (χ1n) is 6.56. The van der Waals surface area contributed by atoms with Gasteiger partial charge in [-0.2, -0.15) is 0 Å². The Morgan fingerprint density at radius 1 is 1.39 bits per heavy atom. The van der Waals surface area contributed by atoms with Crippen molar-refractivity contribution < 1.29 is 9.13 Å². The highest BCUT2D eigenvalue weighted by Gasteiger charge is 2.34. The molecule has 1 fully saturated rings. The lowest BCUT2D eigenvalue weighted by molar-refractivity contribution is 0.0667. The molecule has 0 saturated heterocycles. The molecule has 2 N–H and O–H groups in total. The van der Waals surface area contributed by atoms with Gasteiger partial charge in [0.05, 0.1) is 0 Å². The van der Waals surface area contributed by atoms with E-state index in [-0.39, 0.29) is 23.4 Å². The molecule has 0 aliphatic heterocycles. The maximum Gasteiger partial charge on any atom is 0.129 e. The fraction of sp³-hybridized carbons (Fsp3) is 0.600. The van der Waals surface area contributed by atoms with Crippen molar-refractivity contribution in [2.45, 2.75) is 52.2 Å². The van der Waals surface area contributed by atoms with Gasteiger partial charge in [0.15, 0.2) is 0 Å². The van der Waals surface area contributed by atoms with Crippen molar-refractivity contribution in [1.82, 2.24) is 0 Å². The fourth-order valence-corrected chi connectivity index (χ4v) is 2.49. The average molecular weight is 251 g/mol. The molecule has 0 radical (unpaired) electrons. The van der Waals surface area contributed by atoms with E-state index in [1.807, 2.05) is 6.07 Å². The predicted molar refractivity (Wildman–Crippen MR) is 71.2 cm³/mol. The van der Waals surface area contributed by atoms with Gasteiger partial charge in [-0.15, -0.1) is 0 Å². The summed E-state index contributed by atoms with van der Waals surface area (Å²) in [6.07, 6.45) is 2.99. The molecule has 2 atom stereocenters. The summed E-state index contributed by atoms with van der Waals surface area (Å²) in [7, 11) is 0. The van der Waals surface area contributed by atoms with E-state index in [0.29, 0.717) is 11.3 Å². The Morgan fingerprint density at radius 2 is 2.11 bits per heavy atom. The van der Waals surface area contributed by atoms with Crippen LogP contribution in [0.1, 0.15) is 38.7 Å². The average Bonchev–Trinajstić information content (AvgIpc) is 2.28. The van der Waals surface area contributed by atoms with Crippen LogP contribution in [0.5, 0.6) is 5.75 Å². The molecule has 1 saturated carbocycles. The molecule has 0 bridgehead atoms. The predicted octanol–water partition coefficient (Wildman–Crippen LogP) is 3.42. The smallest absolute Gasteiger partial charge is 0.129 e. The van der Waals surface area contributed by atoms with Gasteiger partial charge in [0.1, 0.15) is 17.7 Å². The minimum absolute atomic E-state index is 0.0177. The van der Waals surface area contributed by atoms with Crippen molar-refractivity contribution in [2.75, 3.05) is 0 Å². The van der Waals surface area contributed by atoms with Crippen LogP contribution in [0.2, 0.25) is 0 Å². The summed E-state index contributed by atoms with van der Waals surface area (Å²) in [5, 5.41) is 0. The number of nitrogens with two attached hydrogens (primary N) is 1. The van der Waals surface area contributed by atoms with E-state index < -0.39 is 0 Å². The second-order valence-electron chi connectivity index (χ2n) is 6.14. The third kappa shape index (κ3) is 3.02. The molecule has 1 aromatic carbocycles. The number of benzene rings is 1. The van der Waals surface area contributed by atoms with Crippen LogP contribution in [0.15, 0.2) is 18.2 Å². The van der Waals surface area contributed by atoms with E-state index in [4.69, 9.17) is 10.5 Å². The molecule has 3 heteroatoms. The van der Waals surface area contributed by atoms with Crippen LogP contribution in [-0.2, 0) is 0 Å². The summed E-state index contributed by atoms with van der Waals surface area (Å²) < 4.78 is 19.3. The van der Waals surface area contributed by atoms with Gasteiger partial charge >= 0.3 is 0 Å². The van der Waals surface area contributed by atoms with Crippen molar-refractivity contribution in [2.24, 2.45) is 11.1 Å². The molecule has 100 valence electrons. The molecule has 1 aliphatic carbocycles. The number of rotatable bonds is 2. The molecule has 0 spiro atoms. The van der Waals surface area contributed by atoms with Crippen molar-refractivity contribution in [3.8, 4) is 5.75 Å². The Morgan fingerprint density at radius 3 is 2.78 bits per heavy atom. The van der Waals surface area contributed by atoms with Gasteiger partial charge in [0.25, 0.3) is 0 Å². The third-order valence-corrected chi connectivity index (χ3v) is 3.82. The second kappa shape index (κ2) is 4.88. The third-order valence-electron chi connectivity index (χ3n) is 3.82. The van der Waals surface area contributed by atoms with Gasteiger partial charge in [-0.05, 0) is 43.2 Å². The highest BCUT2D eigenvalue weighted by atomic mass is 19.1. The van der Waals surface area contributed by atoms with Gasteiger partial charge in [-0.25, -0.2) is 4.39 Å². The molecule has 1 aromatic rings. The van der Waals surface area contributed by atoms with Crippen molar-refractivity contribution >= 4 is 0 Å². The first-order valence-corrected chi connectivity index (χ1v) is 6.56. The van der Waals surface area contributed by atoms with Crippen molar-refractivity contribution in [3.05, 3.63) is 29.6 Å². The topological polar surface area (TPSA) is 35.2 Å². The Labute approximate surface area is 108 Å². The van der Waals surface area contributed by atoms with E-state index in [0.717, 1.165) is 19.3 Å². The van der Waals surface area contributed by atoms with Gasteiger partial charge < -0.3 is 10.5 Å². The van der Waals surface area contributed by atoms with Crippen LogP contribution < -0.4 is 10.5 Å². The standard InChI is InChI=1S/C15H22FNO/c1-10-4-5-11(8-12(10)16)18-14-9-15(2,3)7-6-13(14)17/h4-5,8,13-14H,6-7,9,17H2,1-3H3. The zero-order chi connectivity index (χ0) is 13.3. The van der Waals surface area contributed by atoms with E-state index in [9.17, 15) is 4.39 Å². The lowest BCUT2D eigenvalue weighted by Crippen LogP contribution is -2.46. The molecular formula is C15H22FNO. The molecule has 2 unspecified atom stereocenters. The van der Waals surface area contributed by atoms with Crippen LogP contribution >= 0.6 is 0 Å². The highest BCUT2D eigenvalue weighted by molar-refractivity contribution is 5.28. The molecule has 0 amide bonds. The summed E-state index contributed by atoms with van der Waals surface area (Å²) in [5.41, 5.74) is 6.99. The monoisotopic (exact) mass is 251 g/mol. The zero-order valence-electron chi connectivity index (χ0n) is 11.4. The number of halogens is 1. The van der Waals surface area contributed by atoms with Crippen LogP contribution in [-0.4, -0.2) is 12.1 Å². The molecule has 0 aromatic heterocycles. The summed E-state index contributed by atoms with van der Waals surface area (Å²) in [6.45, 7) is 6.20. The zero-order valence-corrected chi connectivity index (χ0v) is 11.4. The Hall–Kier alpha value is -1.09. The van der Waals surface area contributed by atoms with Gasteiger partial charge in [0.2, 0.25) is 0 Å². The van der Waals surface area contributed by atoms with E-state index in [2.05, 4.69) is 13.8 Å². The largest absolute Gasteiger partial charge is 0.489 e. The van der Waals surface area contributed by atoms with Crippen LogP contribution in [0.3, 0.4) is 0 Å². The normalized spacial score (nSPS) is 26.9. The summed E-state index contributed by atoms with van der Waals surface area (Å²) in [5.74, 6) is 0.354.